The Morgan fingerprint density at radius 1 is 1.20 bits per heavy atom. The van der Waals surface area contributed by atoms with Crippen molar-refractivity contribution in [2.75, 3.05) is 0 Å². The molecule has 25 heavy (non-hydrogen) atoms. The molecule has 1 atom stereocenters. The van der Waals surface area contributed by atoms with Gasteiger partial charge in [-0.1, -0.05) is 24.3 Å². The Bertz CT molecular complexity index is 997. The van der Waals surface area contributed by atoms with Crippen molar-refractivity contribution < 1.29 is 17.6 Å². The number of aromatic amines is 1. The molecule has 1 aromatic heterocycles. The summed E-state index contributed by atoms with van der Waals surface area (Å²) in [5.41, 5.74) is 1.52. The topological polar surface area (TPSA) is 91.9 Å². The number of Topliss-reactive ketones (excluding diaryl/α,β-unsaturated/α-hetero) is 1. The van der Waals surface area contributed by atoms with Gasteiger partial charge in [-0.05, 0) is 31.2 Å². The third-order valence-corrected chi connectivity index (χ3v) is 5.30. The van der Waals surface area contributed by atoms with Gasteiger partial charge in [0.15, 0.2) is 5.78 Å². The van der Waals surface area contributed by atoms with Crippen molar-refractivity contribution >= 4 is 26.8 Å². The summed E-state index contributed by atoms with van der Waals surface area (Å²) in [6.07, 6.45) is -0.0599. The molecule has 0 amide bonds. The number of rotatable bonds is 6. The van der Waals surface area contributed by atoms with Gasteiger partial charge in [-0.3, -0.25) is 4.79 Å². The standard InChI is InChI=1S/C17H16FN3O3S/c1-11(21-25(23,24)16-9-5-2-6-12(16)18)15(22)10-17-19-13-7-3-4-8-14(13)20-17/h2-9,11,21H,10H2,1H3,(H,19,20). The predicted molar refractivity (Wildman–Crippen MR) is 91.0 cm³/mol. The van der Waals surface area contributed by atoms with Crippen LogP contribution in [0.5, 0.6) is 0 Å². The van der Waals surface area contributed by atoms with E-state index in [4.69, 9.17) is 0 Å². The van der Waals surface area contributed by atoms with Gasteiger partial charge in [-0.25, -0.2) is 22.5 Å². The zero-order valence-corrected chi connectivity index (χ0v) is 14.2. The largest absolute Gasteiger partial charge is 0.342 e. The molecule has 0 spiro atoms. The highest BCUT2D eigenvalue weighted by Crippen LogP contribution is 2.15. The molecule has 3 aromatic rings. The summed E-state index contributed by atoms with van der Waals surface area (Å²) >= 11 is 0. The van der Waals surface area contributed by atoms with Gasteiger partial charge < -0.3 is 4.98 Å². The Labute approximate surface area is 144 Å². The molecule has 0 aliphatic heterocycles. The third kappa shape index (κ3) is 3.75. The summed E-state index contributed by atoms with van der Waals surface area (Å²) in [5.74, 6) is -0.797. The van der Waals surface area contributed by atoms with Crippen molar-refractivity contribution in [3.63, 3.8) is 0 Å². The summed E-state index contributed by atoms with van der Waals surface area (Å²) in [4.78, 5) is 19.1. The number of nitrogens with zero attached hydrogens (tertiary/aromatic N) is 1. The lowest BCUT2D eigenvalue weighted by molar-refractivity contribution is -0.119. The van der Waals surface area contributed by atoms with E-state index < -0.39 is 26.8 Å². The van der Waals surface area contributed by atoms with E-state index in [0.717, 1.165) is 23.2 Å². The molecular formula is C17H16FN3O3S. The number of benzene rings is 2. The second kappa shape index (κ2) is 6.73. The van der Waals surface area contributed by atoms with Gasteiger partial charge in [0, 0.05) is 0 Å². The molecule has 0 radical (unpaired) electrons. The first kappa shape index (κ1) is 17.2. The number of aromatic nitrogens is 2. The van der Waals surface area contributed by atoms with E-state index in [1.165, 1.54) is 19.1 Å². The first-order valence-electron chi connectivity index (χ1n) is 7.60. The number of imidazole rings is 1. The molecule has 1 unspecified atom stereocenters. The normalized spacial score (nSPS) is 13.0. The van der Waals surface area contributed by atoms with Crippen LogP contribution in [0.25, 0.3) is 11.0 Å². The van der Waals surface area contributed by atoms with E-state index in [-0.39, 0.29) is 12.2 Å². The summed E-state index contributed by atoms with van der Waals surface area (Å²) in [5, 5.41) is 0. The van der Waals surface area contributed by atoms with E-state index in [1.807, 2.05) is 24.3 Å². The SMILES string of the molecule is CC(NS(=O)(=O)c1ccccc1F)C(=O)Cc1nc2ccccc2[nH]1. The number of halogens is 1. The van der Waals surface area contributed by atoms with Crippen molar-refractivity contribution in [2.24, 2.45) is 0 Å². The molecule has 0 bridgehead atoms. The molecule has 0 saturated heterocycles. The molecule has 8 heteroatoms. The van der Waals surface area contributed by atoms with Crippen LogP contribution >= 0.6 is 0 Å². The minimum atomic E-state index is -4.13. The van der Waals surface area contributed by atoms with Crippen molar-refractivity contribution in [2.45, 2.75) is 24.3 Å². The maximum atomic E-state index is 13.7. The van der Waals surface area contributed by atoms with Crippen LogP contribution < -0.4 is 4.72 Å². The molecule has 0 saturated carbocycles. The first-order valence-corrected chi connectivity index (χ1v) is 9.08. The predicted octanol–water partition coefficient (Wildman–Crippen LogP) is 2.18. The Kier molecular flexibility index (Phi) is 4.65. The molecule has 0 aliphatic carbocycles. The summed E-state index contributed by atoms with van der Waals surface area (Å²) < 4.78 is 40.4. The van der Waals surface area contributed by atoms with Crippen molar-refractivity contribution in [1.82, 2.24) is 14.7 Å². The molecule has 3 rings (SSSR count). The van der Waals surface area contributed by atoms with E-state index in [9.17, 15) is 17.6 Å². The van der Waals surface area contributed by atoms with Crippen LogP contribution in [0.3, 0.4) is 0 Å². The fourth-order valence-electron chi connectivity index (χ4n) is 2.43. The lowest BCUT2D eigenvalue weighted by Crippen LogP contribution is -2.39. The highest BCUT2D eigenvalue weighted by atomic mass is 32.2. The van der Waals surface area contributed by atoms with E-state index in [1.54, 1.807) is 0 Å². The summed E-state index contributed by atoms with van der Waals surface area (Å²) in [6.45, 7) is 1.42. The van der Waals surface area contributed by atoms with Gasteiger partial charge in [0.2, 0.25) is 10.0 Å². The molecular weight excluding hydrogens is 345 g/mol. The number of carbonyl (C=O) groups excluding carboxylic acids is 1. The van der Waals surface area contributed by atoms with Crippen molar-refractivity contribution in [3.05, 3.63) is 60.2 Å². The second-order valence-electron chi connectivity index (χ2n) is 5.62. The highest BCUT2D eigenvalue weighted by Gasteiger charge is 2.25. The number of sulfonamides is 1. The number of H-pyrrole nitrogens is 1. The molecule has 0 aliphatic rings. The average molecular weight is 361 g/mol. The van der Waals surface area contributed by atoms with Crippen LogP contribution in [0.2, 0.25) is 0 Å². The molecule has 0 fully saturated rings. The molecule has 6 nitrogen and oxygen atoms in total. The molecule has 1 heterocycles. The highest BCUT2D eigenvalue weighted by molar-refractivity contribution is 7.89. The van der Waals surface area contributed by atoms with E-state index in [2.05, 4.69) is 14.7 Å². The first-order chi connectivity index (χ1) is 11.9. The van der Waals surface area contributed by atoms with Gasteiger partial charge in [0.1, 0.15) is 16.5 Å². The third-order valence-electron chi connectivity index (χ3n) is 3.72. The van der Waals surface area contributed by atoms with Gasteiger partial charge >= 0.3 is 0 Å². The van der Waals surface area contributed by atoms with E-state index >= 15 is 0 Å². The Balaban J connectivity index is 1.73. The van der Waals surface area contributed by atoms with Crippen LogP contribution in [0.4, 0.5) is 4.39 Å². The molecule has 2 N–H and O–H groups in total. The van der Waals surface area contributed by atoms with Crippen LogP contribution in [-0.2, 0) is 21.2 Å². The number of hydrogen-bond acceptors (Lipinski definition) is 4. The Hall–Kier alpha value is -2.58. The van der Waals surface area contributed by atoms with Crippen LogP contribution in [0.1, 0.15) is 12.7 Å². The molecule has 2 aromatic carbocycles. The van der Waals surface area contributed by atoms with Crippen LogP contribution in [0, 0.1) is 5.82 Å². The Morgan fingerprint density at radius 2 is 1.88 bits per heavy atom. The zero-order valence-electron chi connectivity index (χ0n) is 13.4. The number of hydrogen-bond donors (Lipinski definition) is 2. The summed E-state index contributed by atoms with van der Waals surface area (Å²) in [7, 11) is -4.13. The fourth-order valence-corrected chi connectivity index (χ4v) is 3.74. The van der Waals surface area contributed by atoms with Gasteiger partial charge in [-0.15, -0.1) is 0 Å². The van der Waals surface area contributed by atoms with Crippen molar-refractivity contribution in [1.29, 1.82) is 0 Å². The summed E-state index contributed by atoms with van der Waals surface area (Å²) in [6, 6.07) is 11.3. The number of carbonyl (C=O) groups is 1. The van der Waals surface area contributed by atoms with Gasteiger partial charge in [0.25, 0.3) is 0 Å². The lowest BCUT2D eigenvalue weighted by Gasteiger charge is -2.13. The van der Waals surface area contributed by atoms with Gasteiger partial charge in [0.05, 0.1) is 23.5 Å². The van der Waals surface area contributed by atoms with Gasteiger partial charge in [-0.2, -0.15) is 0 Å². The second-order valence-corrected chi connectivity index (χ2v) is 7.30. The maximum Gasteiger partial charge on any atom is 0.244 e. The Morgan fingerprint density at radius 3 is 2.60 bits per heavy atom. The minimum absolute atomic E-state index is 0.0599. The lowest BCUT2D eigenvalue weighted by atomic mass is 10.1. The average Bonchev–Trinajstić information content (AvgIpc) is 2.96. The number of ketones is 1. The monoisotopic (exact) mass is 361 g/mol. The van der Waals surface area contributed by atoms with Crippen LogP contribution in [-0.4, -0.2) is 30.2 Å². The maximum absolute atomic E-state index is 13.7. The zero-order chi connectivity index (χ0) is 18.0. The smallest absolute Gasteiger partial charge is 0.244 e. The minimum Gasteiger partial charge on any atom is -0.342 e. The fraction of sp³-hybridized carbons (Fsp3) is 0.176. The molecule has 130 valence electrons. The van der Waals surface area contributed by atoms with Crippen LogP contribution in [0.15, 0.2) is 53.4 Å². The number of para-hydroxylation sites is 2. The van der Waals surface area contributed by atoms with E-state index in [0.29, 0.717) is 5.82 Å². The van der Waals surface area contributed by atoms with Crippen molar-refractivity contribution in [3.8, 4) is 0 Å². The number of nitrogens with one attached hydrogen (secondary N) is 2. The number of fused-ring (bicyclic) bond motifs is 1. The quantitative estimate of drug-likeness (QED) is 0.704.